The van der Waals surface area contributed by atoms with Crippen LogP contribution in [0.4, 0.5) is 11.8 Å². The lowest BCUT2D eigenvalue weighted by Crippen LogP contribution is -2.40. The van der Waals surface area contributed by atoms with E-state index < -0.39 is 0 Å². The van der Waals surface area contributed by atoms with Gasteiger partial charge in [-0.15, -0.1) is 0 Å². The van der Waals surface area contributed by atoms with E-state index in [1.165, 1.54) is 19.3 Å². The highest BCUT2D eigenvalue weighted by atomic mass is 16.5. The van der Waals surface area contributed by atoms with Crippen LogP contribution >= 0.6 is 0 Å². The van der Waals surface area contributed by atoms with E-state index in [2.05, 4.69) is 29.0 Å². The van der Waals surface area contributed by atoms with Crippen molar-refractivity contribution < 1.29 is 4.74 Å². The van der Waals surface area contributed by atoms with E-state index in [0.29, 0.717) is 6.04 Å². The summed E-state index contributed by atoms with van der Waals surface area (Å²) in [6.07, 6.45) is 4.99. The number of aryl methyl sites for hydroxylation is 1. The SMILES string of the molecule is CCC1CCCCN1c1nc(C)cc(NCCN2CCOCC2)n1. The van der Waals surface area contributed by atoms with Crippen molar-refractivity contribution in [2.75, 3.05) is 56.2 Å². The standard InChI is InChI=1S/C18H31N5O/c1-3-16-6-4-5-8-23(16)18-20-15(2)14-17(21-18)19-7-9-22-10-12-24-13-11-22/h14,16H,3-13H2,1-2H3,(H,19,20,21). The first kappa shape index (κ1) is 17.4. The van der Waals surface area contributed by atoms with Gasteiger partial charge in [0.05, 0.1) is 13.2 Å². The molecule has 2 aliphatic heterocycles. The maximum absolute atomic E-state index is 5.40. The number of aromatic nitrogens is 2. The first-order valence-electron chi connectivity index (χ1n) is 9.42. The van der Waals surface area contributed by atoms with Crippen LogP contribution in [0.3, 0.4) is 0 Å². The first-order valence-corrected chi connectivity index (χ1v) is 9.42. The van der Waals surface area contributed by atoms with Crippen molar-refractivity contribution >= 4 is 11.8 Å². The van der Waals surface area contributed by atoms with Gasteiger partial charge in [0.2, 0.25) is 5.95 Å². The van der Waals surface area contributed by atoms with Gasteiger partial charge in [0.15, 0.2) is 0 Å². The molecular formula is C18H31N5O. The van der Waals surface area contributed by atoms with Crippen molar-refractivity contribution in [3.8, 4) is 0 Å². The van der Waals surface area contributed by atoms with Crippen LogP contribution in [0.1, 0.15) is 38.3 Å². The molecule has 6 nitrogen and oxygen atoms in total. The van der Waals surface area contributed by atoms with Crippen LogP contribution in [-0.4, -0.2) is 66.8 Å². The normalized spacial score (nSPS) is 22.6. The Labute approximate surface area is 145 Å². The molecule has 134 valence electrons. The van der Waals surface area contributed by atoms with Crippen LogP contribution in [-0.2, 0) is 4.74 Å². The molecule has 0 spiro atoms. The van der Waals surface area contributed by atoms with Crippen molar-refractivity contribution in [2.45, 2.75) is 45.6 Å². The molecule has 0 saturated carbocycles. The monoisotopic (exact) mass is 333 g/mol. The van der Waals surface area contributed by atoms with E-state index in [1.54, 1.807) is 0 Å². The molecule has 2 saturated heterocycles. The zero-order valence-corrected chi connectivity index (χ0v) is 15.1. The molecule has 1 unspecified atom stereocenters. The third-order valence-electron chi connectivity index (χ3n) is 5.04. The zero-order chi connectivity index (χ0) is 16.8. The van der Waals surface area contributed by atoms with E-state index in [-0.39, 0.29) is 0 Å². The number of hydrogen-bond donors (Lipinski definition) is 1. The number of piperidine rings is 1. The fraction of sp³-hybridized carbons (Fsp3) is 0.778. The number of rotatable bonds is 6. The smallest absolute Gasteiger partial charge is 0.227 e. The average molecular weight is 333 g/mol. The van der Waals surface area contributed by atoms with Crippen LogP contribution in [0.2, 0.25) is 0 Å². The van der Waals surface area contributed by atoms with Gasteiger partial charge < -0.3 is 15.0 Å². The second kappa shape index (κ2) is 8.62. The van der Waals surface area contributed by atoms with Gasteiger partial charge in [-0.3, -0.25) is 4.90 Å². The number of nitrogens with zero attached hydrogens (tertiary/aromatic N) is 4. The maximum Gasteiger partial charge on any atom is 0.227 e. The fourth-order valence-electron chi connectivity index (χ4n) is 3.63. The Morgan fingerprint density at radius 2 is 2.04 bits per heavy atom. The van der Waals surface area contributed by atoms with Crippen molar-refractivity contribution in [1.29, 1.82) is 0 Å². The number of morpholine rings is 1. The van der Waals surface area contributed by atoms with Crippen LogP contribution in [0.5, 0.6) is 0 Å². The summed E-state index contributed by atoms with van der Waals surface area (Å²) in [5.41, 5.74) is 1.04. The van der Waals surface area contributed by atoms with E-state index in [0.717, 1.165) is 69.8 Å². The number of hydrogen-bond acceptors (Lipinski definition) is 6. The van der Waals surface area contributed by atoms with Gasteiger partial charge in [0.25, 0.3) is 0 Å². The lowest BCUT2D eigenvalue weighted by atomic mass is 10.0. The van der Waals surface area contributed by atoms with Gasteiger partial charge in [0, 0.05) is 50.5 Å². The Morgan fingerprint density at radius 3 is 2.83 bits per heavy atom. The minimum absolute atomic E-state index is 0.585. The van der Waals surface area contributed by atoms with Crippen LogP contribution < -0.4 is 10.2 Å². The molecule has 1 N–H and O–H groups in total. The molecule has 1 aromatic heterocycles. The Kier molecular flexibility index (Phi) is 6.26. The predicted octanol–water partition coefficient (Wildman–Crippen LogP) is 2.30. The molecule has 0 bridgehead atoms. The van der Waals surface area contributed by atoms with Gasteiger partial charge in [-0.1, -0.05) is 6.92 Å². The molecule has 1 atom stereocenters. The quantitative estimate of drug-likeness (QED) is 0.862. The topological polar surface area (TPSA) is 53.5 Å². The van der Waals surface area contributed by atoms with E-state index in [1.807, 2.05) is 6.07 Å². The third-order valence-corrected chi connectivity index (χ3v) is 5.04. The summed E-state index contributed by atoms with van der Waals surface area (Å²) < 4.78 is 5.40. The highest BCUT2D eigenvalue weighted by molar-refractivity contribution is 5.44. The molecule has 0 aromatic carbocycles. The number of anilines is 2. The summed E-state index contributed by atoms with van der Waals surface area (Å²) in [7, 11) is 0. The largest absolute Gasteiger partial charge is 0.379 e. The Morgan fingerprint density at radius 1 is 1.21 bits per heavy atom. The minimum Gasteiger partial charge on any atom is -0.379 e. The Bertz CT molecular complexity index is 518. The second-order valence-electron chi connectivity index (χ2n) is 6.83. The van der Waals surface area contributed by atoms with Crippen LogP contribution in [0.15, 0.2) is 6.07 Å². The van der Waals surface area contributed by atoms with Gasteiger partial charge in [-0.25, -0.2) is 4.98 Å². The molecule has 3 rings (SSSR count). The number of ether oxygens (including phenoxy) is 1. The fourth-order valence-corrected chi connectivity index (χ4v) is 3.63. The molecule has 1 aromatic rings. The Balaban J connectivity index is 1.60. The summed E-state index contributed by atoms with van der Waals surface area (Å²) in [4.78, 5) is 14.3. The van der Waals surface area contributed by atoms with Gasteiger partial charge in [-0.2, -0.15) is 4.98 Å². The van der Waals surface area contributed by atoms with E-state index in [4.69, 9.17) is 14.7 Å². The van der Waals surface area contributed by atoms with Gasteiger partial charge >= 0.3 is 0 Å². The molecule has 0 aliphatic carbocycles. The van der Waals surface area contributed by atoms with E-state index in [9.17, 15) is 0 Å². The lowest BCUT2D eigenvalue weighted by Gasteiger charge is -2.35. The molecular weight excluding hydrogens is 302 g/mol. The molecule has 0 amide bonds. The van der Waals surface area contributed by atoms with E-state index >= 15 is 0 Å². The highest BCUT2D eigenvalue weighted by Gasteiger charge is 2.23. The highest BCUT2D eigenvalue weighted by Crippen LogP contribution is 2.25. The zero-order valence-electron chi connectivity index (χ0n) is 15.1. The number of nitrogens with one attached hydrogen (secondary N) is 1. The van der Waals surface area contributed by atoms with Gasteiger partial charge in [0.1, 0.15) is 5.82 Å². The predicted molar refractivity (Wildman–Crippen MR) is 97.8 cm³/mol. The molecule has 2 aliphatic rings. The minimum atomic E-state index is 0.585. The Hall–Kier alpha value is -1.40. The van der Waals surface area contributed by atoms with Crippen LogP contribution in [0.25, 0.3) is 0 Å². The summed E-state index contributed by atoms with van der Waals surface area (Å²) in [5, 5.41) is 3.48. The molecule has 2 fully saturated rings. The molecule has 0 radical (unpaired) electrons. The summed E-state index contributed by atoms with van der Waals surface area (Å²) in [5.74, 6) is 1.85. The van der Waals surface area contributed by atoms with Gasteiger partial charge in [-0.05, 0) is 32.6 Å². The molecule has 6 heteroatoms. The van der Waals surface area contributed by atoms with Crippen molar-refractivity contribution in [3.05, 3.63) is 11.8 Å². The second-order valence-corrected chi connectivity index (χ2v) is 6.83. The molecule has 3 heterocycles. The maximum atomic E-state index is 5.40. The van der Waals surface area contributed by atoms with Crippen LogP contribution in [0, 0.1) is 6.92 Å². The first-order chi connectivity index (χ1) is 11.8. The lowest BCUT2D eigenvalue weighted by molar-refractivity contribution is 0.0398. The summed E-state index contributed by atoms with van der Waals surface area (Å²) in [6, 6.07) is 2.63. The average Bonchev–Trinajstić information content (AvgIpc) is 2.62. The third kappa shape index (κ3) is 4.57. The van der Waals surface area contributed by atoms with Crippen molar-refractivity contribution in [3.63, 3.8) is 0 Å². The summed E-state index contributed by atoms with van der Waals surface area (Å²) in [6.45, 7) is 11.1. The van der Waals surface area contributed by atoms with Crippen molar-refractivity contribution in [1.82, 2.24) is 14.9 Å². The van der Waals surface area contributed by atoms with Crippen molar-refractivity contribution in [2.24, 2.45) is 0 Å². The summed E-state index contributed by atoms with van der Waals surface area (Å²) >= 11 is 0. The molecule has 24 heavy (non-hydrogen) atoms.